The highest BCUT2D eigenvalue weighted by molar-refractivity contribution is 7.80. The normalized spacial score (nSPS) is 9.92. The summed E-state index contributed by atoms with van der Waals surface area (Å²) >= 11 is 4.61. The quantitative estimate of drug-likeness (QED) is 0.415. The van der Waals surface area contributed by atoms with Crippen LogP contribution in [0.1, 0.15) is 0 Å². The average molecular weight is 204 g/mol. The van der Waals surface area contributed by atoms with Crippen molar-refractivity contribution in [3.05, 3.63) is 0 Å². The second-order valence-corrected chi connectivity index (χ2v) is 3.07. The predicted octanol–water partition coefficient (Wildman–Crippen LogP) is -2.45. The van der Waals surface area contributed by atoms with Crippen molar-refractivity contribution in [2.75, 3.05) is 19.6 Å². The molecule has 6 N–H and O–H groups in total. The largest absolute Gasteiger partial charge is 0.392 e. The SMILES string of the molecule is NC(=O)CN(CC(N)=O)CC(N)=S. The van der Waals surface area contributed by atoms with Crippen molar-refractivity contribution in [2.45, 2.75) is 0 Å². The minimum atomic E-state index is -0.558. The summed E-state index contributed by atoms with van der Waals surface area (Å²) in [4.78, 5) is 22.6. The van der Waals surface area contributed by atoms with Crippen LogP contribution in [0, 0.1) is 0 Å². The van der Waals surface area contributed by atoms with Gasteiger partial charge in [0.2, 0.25) is 11.8 Å². The van der Waals surface area contributed by atoms with Crippen molar-refractivity contribution in [2.24, 2.45) is 17.2 Å². The van der Waals surface area contributed by atoms with E-state index in [9.17, 15) is 9.59 Å². The second kappa shape index (κ2) is 5.44. The zero-order valence-corrected chi connectivity index (χ0v) is 7.84. The zero-order chi connectivity index (χ0) is 10.4. The fraction of sp³-hybridized carbons (Fsp3) is 0.500. The van der Waals surface area contributed by atoms with E-state index in [-0.39, 0.29) is 24.6 Å². The lowest BCUT2D eigenvalue weighted by Gasteiger charge is -2.17. The van der Waals surface area contributed by atoms with Gasteiger partial charge in [-0.05, 0) is 0 Å². The summed E-state index contributed by atoms with van der Waals surface area (Å²) in [5.41, 5.74) is 15.1. The van der Waals surface area contributed by atoms with Crippen LogP contribution in [0.5, 0.6) is 0 Å². The van der Waals surface area contributed by atoms with Crippen LogP contribution in [0.3, 0.4) is 0 Å². The maximum Gasteiger partial charge on any atom is 0.231 e. The topological polar surface area (TPSA) is 115 Å². The number of carbonyl (C=O) groups excluding carboxylic acids is 2. The van der Waals surface area contributed by atoms with Crippen LogP contribution in [-0.4, -0.2) is 41.3 Å². The van der Waals surface area contributed by atoms with Gasteiger partial charge in [-0.25, -0.2) is 0 Å². The molecule has 74 valence electrons. The first-order chi connectivity index (χ1) is 5.91. The number of nitrogens with zero attached hydrogens (tertiary/aromatic N) is 1. The monoisotopic (exact) mass is 204 g/mol. The maximum atomic E-state index is 10.5. The molecule has 0 aromatic carbocycles. The van der Waals surface area contributed by atoms with Gasteiger partial charge in [0, 0.05) is 6.54 Å². The Labute approximate surface area is 81.0 Å². The molecule has 0 aliphatic rings. The Hall–Kier alpha value is -1.21. The summed E-state index contributed by atoms with van der Waals surface area (Å²) in [7, 11) is 0. The molecule has 0 aliphatic heterocycles. The molecule has 0 saturated carbocycles. The highest BCUT2D eigenvalue weighted by atomic mass is 32.1. The van der Waals surface area contributed by atoms with Gasteiger partial charge in [-0.1, -0.05) is 12.2 Å². The van der Waals surface area contributed by atoms with Crippen LogP contribution in [0.25, 0.3) is 0 Å². The highest BCUT2D eigenvalue weighted by Crippen LogP contribution is 1.86. The van der Waals surface area contributed by atoms with E-state index in [2.05, 4.69) is 12.2 Å². The number of hydrogen-bond donors (Lipinski definition) is 3. The molecule has 2 amide bonds. The number of nitrogens with two attached hydrogens (primary N) is 3. The van der Waals surface area contributed by atoms with Crippen LogP contribution < -0.4 is 17.2 Å². The molecule has 0 atom stereocenters. The summed E-state index contributed by atoms with van der Waals surface area (Å²) in [5, 5.41) is 0. The summed E-state index contributed by atoms with van der Waals surface area (Å²) < 4.78 is 0. The summed E-state index contributed by atoms with van der Waals surface area (Å²) in [5.74, 6) is -1.12. The molecule has 13 heavy (non-hydrogen) atoms. The van der Waals surface area contributed by atoms with Crippen LogP contribution in [0.2, 0.25) is 0 Å². The van der Waals surface area contributed by atoms with Crippen LogP contribution in [-0.2, 0) is 9.59 Å². The lowest BCUT2D eigenvalue weighted by Crippen LogP contribution is -2.43. The number of hydrogen-bond acceptors (Lipinski definition) is 4. The first-order valence-electron chi connectivity index (χ1n) is 3.49. The molecule has 0 fully saturated rings. The Bertz CT molecular complexity index is 193. The maximum absolute atomic E-state index is 10.5. The molecule has 0 spiro atoms. The van der Waals surface area contributed by atoms with E-state index < -0.39 is 11.8 Å². The van der Waals surface area contributed by atoms with Crippen molar-refractivity contribution in [3.8, 4) is 0 Å². The molecule has 0 saturated heterocycles. The number of thiocarbonyl (C=S) groups is 1. The molecule has 0 rings (SSSR count). The molecule has 0 aromatic rings. The van der Waals surface area contributed by atoms with Crippen molar-refractivity contribution < 1.29 is 9.59 Å². The van der Waals surface area contributed by atoms with Gasteiger partial charge >= 0.3 is 0 Å². The average Bonchev–Trinajstić information content (AvgIpc) is 1.80. The molecule has 0 bridgehead atoms. The summed E-state index contributed by atoms with van der Waals surface area (Å²) in [6, 6.07) is 0. The first-order valence-corrected chi connectivity index (χ1v) is 3.90. The lowest BCUT2D eigenvalue weighted by atomic mass is 10.4. The predicted molar refractivity (Wildman–Crippen MR) is 51.6 cm³/mol. The van der Waals surface area contributed by atoms with Gasteiger partial charge in [0.25, 0.3) is 0 Å². The smallest absolute Gasteiger partial charge is 0.231 e. The van der Waals surface area contributed by atoms with Gasteiger partial charge in [0.15, 0.2) is 0 Å². The molecule has 7 heteroatoms. The molecule has 0 aliphatic carbocycles. The molecule has 0 aromatic heterocycles. The Kier molecular flexibility index (Phi) is 4.93. The van der Waals surface area contributed by atoms with E-state index in [1.54, 1.807) is 0 Å². The molecule has 0 heterocycles. The first kappa shape index (κ1) is 11.8. The third kappa shape index (κ3) is 7.16. The Morgan fingerprint density at radius 1 is 1.00 bits per heavy atom. The van der Waals surface area contributed by atoms with Crippen molar-refractivity contribution in [1.82, 2.24) is 4.90 Å². The summed E-state index contributed by atoms with van der Waals surface area (Å²) in [6.07, 6.45) is 0. The Balaban J connectivity index is 4.10. The van der Waals surface area contributed by atoms with E-state index in [0.29, 0.717) is 0 Å². The molecular formula is C6H12N4O2S. The van der Waals surface area contributed by atoms with Gasteiger partial charge < -0.3 is 17.2 Å². The third-order valence-electron chi connectivity index (χ3n) is 1.14. The molecule has 6 nitrogen and oxygen atoms in total. The minimum absolute atomic E-state index is 0.0831. The van der Waals surface area contributed by atoms with Gasteiger partial charge in [0.05, 0.1) is 18.1 Å². The van der Waals surface area contributed by atoms with Gasteiger partial charge in [0.1, 0.15) is 0 Å². The number of carbonyl (C=O) groups is 2. The minimum Gasteiger partial charge on any atom is -0.392 e. The lowest BCUT2D eigenvalue weighted by molar-refractivity contribution is -0.121. The Morgan fingerprint density at radius 3 is 1.62 bits per heavy atom. The van der Waals surface area contributed by atoms with Crippen molar-refractivity contribution >= 4 is 29.0 Å². The molecule has 0 unspecified atom stereocenters. The van der Waals surface area contributed by atoms with E-state index in [1.165, 1.54) is 4.90 Å². The van der Waals surface area contributed by atoms with Crippen molar-refractivity contribution in [1.29, 1.82) is 0 Å². The zero-order valence-electron chi connectivity index (χ0n) is 7.03. The van der Waals surface area contributed by atoms with Crippen LogP contribution >= 0.6 is 12.2 Å². The second-order valence-electron chi connectivity index (χ2n) is 2.54. The van der Waals surface area contributed by atoms with Gasteiger partial charge in [-0.3, -0.25) is 14.5 Å². The number of rotatable bonds is 6. The molecule has 0 radical (unpaired) electrons. The summed E-state index contributed by atoms with van der Waals surface area (Å²) in [6.45, 7) is -0.0121. The fourth-order valence-electron chi connectivity index (χ4n) is 0.829. The van der Waals surface area contributed by atoms with Crippen LogP contribution in [0.4, 0.5) is 0 Å². The molecular weight excluding hydrogens is 192 g/mol. The van der Waals surface area contributed by atoms with E-state index in [4.69, 9.17) is 17.2 Å². The van der Waals surface area contributed by atoms with Crippen molar-refractivity contribution in [3.63, 3.8) is 0 Å². The van der Waals surface area contributed by atoms with Gasteiger partial charge in [-0.15, -0.1) is 0 Å². The highest BCUT2D eigenvalue weighted by Gasteiger charge is 2.11. The van der Waals surface area contributed by atoms with E-state index in [1.807, 2.05) is 0 Å². The fourth-order valence-corrected chi connectivity index (χ4v) is 1.01. The third-order valence-corrected chi connectivity index (χ3v) is 1.27. The number of primary amides is 2. The number of amides is 2. The van der Waals surface area contributed by atoms with Crippen LogP contribution in [0.15, 0.2) is 0 Å². The van der Waals surface area contributed by atoms with E-state index >= 15 is 0 Å². The standard InChI is InChI=1S/C6H12N4O2S/c7-4(11)1-10(2-5(8)12)3-6(9)13/h1-3H2,(H2,7,11)(H2,8,12)(H2,9,13). The van der Waals surface area contributed by atoms with E-state index in [0.717, 1.165) is 0 Å². The Morgan fingerprint density at radius 2 is 1.38 bits per heavy atom. The van der Waals surface area contributed by atoms with Gasteiger partial charge in [-0.2, -0.15) is 0 Å².